The number of carbonyl (C=O) groups excluding carboxylic acids is 1. The van der Waals surface area contributed by atoms with E-state index in [1.807, 2.05) is 43.0 Å². The van der Waals surface area contributed by atoms with E-state index < -0.39 is 5.82 Å². The van der Waals surface area contributed by atoms with Crippen molar-refractivity contribution in [1.82, 2.24) is 14.9 Å². The predicted octanol–water partition coefficient (Wildman–Crippen LogP) is 4.57. The molecule has 0 unspecified atom stereocenters. The van der Waals surface area contributed by atoms with Gasteiger partial charge in [-0.05, 0) is 61.9 Å². The van der Waals surface area contributed by atoms with Crippen LogP contribution in [0.25, 0.3) is 23.1 Å². The third-order valence-corrected chi connectivity index (χ3v) is 5.96. The normalized spacial score (nSPS) is 16.1. The molecule has 0 spiro atoms. The van der Waals surface area contributed by atoms with Gasteiger partial charge in [-0.25, -0.2) is 14.4 Å². The molecule has 0 saturated carbocycles. The van der Waals surface area contributed by atoms with Crippen LogP contribution < -0.4 is 14.4 Å². The summed E-state index contributed by atoms with van der Waals surface area (Å²) >= 11 is 0. The zero-order valence-electron chi connectivity index (χ0n) is 20.2. The van der Waals surface area contributed by atoms with Crippen LogP contribution in [0.15, 0.2) is 49.1 Å². The van der Waals surface area contributed by atoms with Gasteiger partial charge >= 0.3 is 0 Å². The number of methoxy groups -OCH3 is 1. The standard InChI is InChI=1S/C27H29FN4O3/c1-5-26(33)32-14-13-31(17-18(32)3)27-21-16-20(35-6-2)9-11-23(21)29-25(30-27)12-8-19-7-10-22(28)24(15-19)34-4/h5,7-12,15-16,18H,1,6,13-14,17H2,2-4H3/b12-8+/t18-/m1/s1. The Kier molecular flexibility index (Phi) is 7.29. The first-order valence-electron chi connectivity index (χ1n) is 11.6. The highest BCUT2D eigenvalue weighted by molar-refractivity contribution is 5.92. The van der Waals surface area contributed by atoms with Crippen molar-refractivity contribution < 1.29 is 18.7 Å². The van der Waals surface area contributed by atoms with Crippen LogP contribution in [0.3, 0.4) is 0 Å². The third kappa shape index (κ3) is 5.26. The monoisotopic (exact) mass is 476 g/mol. The first-order chi connectivity index (χ1) is 16.9. The van der Waals surface area contributed by atoms with Crippen molar-refractivity contribution >= 4 is 34.8 Å². The number of hydrogen-bond donors (Lipinski definition) is 0. The van der Waals surface area contributed by atoms with Gasteiger partial charge in [0, 0.05) is 31.1 Å². The Morgan fingerprint density at radius 3 is 2.74 bits per heavy atom. The number of aromatic nitrogens is 2. The molecule has 1 aliphatic rings. The van der Waals surface area contributed by atoms with Crippen LogP contribution in [0.4, 0.5) is 10.2 Å². The van der Waals surface area contributed by atoms with Crippen molar-refractivity contribution in [2.24, 2.45) is 0 Å². The van der Waals surface area contributed by atoms with E-state index in [1.54, 1.807) is 18.2 Å². The van der Waals surface area contributed by atoms with Gasteiger partial charge in [-0.3, -0.25) is 4.79 Å². The highest BCUT2D eigenvalue weighted by atomic mass is 19.1. The Balaban J connectivity index is 1.72. The number of hydrogen-bond acceptors (Lipinski definition) is 6. The van der Waals surface area contributed by atoms with Crippen molar-refractivity contribution in [3.8, 4) is 11.5 Å². The number of rotatable bonds is 7. The van der Waals surface area contributed by atoms with Crippen LogP contribution in [0.5, 0.6) is 11.5 Å². The van der Waals surface area contributed by atoms with Gasteiger partial charge in [0.05, 0.1) is 19.2 Å². The van der Waals surface area contributed by atoms with Gasteiger partial charge < -0.3 is 19.3 Å². The van der Waals surface area contributed by atoms with E-state index in [0.717, 1.165) is 28.0 Å². The fraction of sp³-hybridized carbons (Fsp3) is 0.296. The Morgan fingerprint density at radius 1 is 1.20 bits per heavy atom. The summed E-state index contributed by atoms with van der Waals surface area (Å²) in [6.07, 6.45) is 4.98. The fourth-order valence-corrected chi connectivity index (χ4v) is 4.23. The maximum Gasteiger partial charge on any atom is 0.246 e. The number of halogens is 1. The number of fused-ring (bicyclic) bond motifs is 1. The smallest absolute Gasteiger partial charge is 0.246 e. The lowest BCUT2D eigenvalue weighted by molar-refractivity contribution is -0.128. The number of ether oxygens (including phenoxy) is 2. The number of piperazine rings is 1. The van der Waals surface area contributed by atoms with Crippen LogP contribution >= 0.6 is 0 Å². The van der Waals surface area contributed by atoms with Crippen molar-refractivity contribution in [2.45, 2.75) is 19.9 Å². The number of nitrogens with zero attached hydrogens (tertiary/aromatic N) is 4. The van der Waals surface area contributed by atoms with Crippen molar-refractivity contribution in [3.63, 3.8) is 0 Å². The van der Waals surface area contributed by atoms with Crippen LogP contribution in [-0.2, 0) is 4.79 Å². The number of benzene rings is 2. The molecule has 2 heterocycles. The first-order valence-corrected chi connectivity index (χ1v) is 11.6. The highest BCUT2D eigenvalue weighted by Crippen LogP contribution is 2.30. The molecule has 1 saturated heterocycles. The molecule has 35 heavy (non-hydrogen) atoms. The molecule has 7 nitrogen and oxygen atoms in total. The molecule has 2 aromatic carbocycles. The molecule has 182 valence electrons. The summed E-state index contributed by atoms with van der Waals surface area (Å²) in [7, 11) is 1.44. The summed E-state index contributed by atoms with van der Waals surface area (Å²) in [5.41, 5.74) is 1.55. The Labute approximate surface area is 204 Å². The van der Waals surface area contributed by atoms with Gasteiger partial charge in [0.2, 0.25) is 5.91 Å². The van der Waals surface area contributed by atoms with Crippen molar-refractivity contribution in [2.75, 3.05) is 38.3 Å². The van der Waals surface area contributed by atoms with Gasteiger partial charge in [0.15, 0.2) is 17.4 Å². The van der Waals surface area contributed by atoms with E-state index in [4.69, 9.17) is 19.4 Å². The summed E-state index contributed by atoms with van der Waals surface area (Å²) in [5.74, 6) is 1.75. The summed E-state index contributed by atoms with van der Waals surface area (Å²) in [6.45, 7) is 9.96. The molecule has 4 rings (SSSR count). The lowest BCUT2D eigenvalue weighted by Gasteiger charge is -2.40. The maximum absolute atomic E-state index is 13.8. The average Bonchev–Trinajstić information content (AvgIpc) is 2.87. The number of amides is 1. The maximum atomic E-state index is 13.8. The van der Waals surface area contributed by atoms with Crippen molar-refractivity contribution in [3.05, 3.63) is 66.3 Å². The second kappa shape index (κ2) is 10.5. The van der Waals surface area contributed by atoms with E-state index in [-0.39, 0.29) is 17.7 Å². The van der Waals surface area contributed by atoms with Crippen molar-refractivity contribution in [1.29, 1.82) is 0 Å². The number of anilines is 1. The van der Waals surface area contributed by atoms with E-state index >= 15 is 0 Å². The molecule has 0 radical (unpaired) electrons. The van der Waals surface area contributed by atoms with E-state index in [1.165, 1.54) is 19.3 Å². The summed E-state index contributed by atoms with van der Waals surface area (Å²) in [4.78, 5) is 25.8. The van der Waals surface area contributed by atoms with Crippen LogP contribution in [-0.4, -0.2) is 60.2 Å². The summed E-state index contributed by atoms with van der Waals surface area (Å²) in [6, 6.07) is 10.4. The molecule has 1 amide bonds. The Hall–Kier alpha value is -3.94. The predicted molar refractivity (Wildman–Crippen MR) is 136 cm³/mol. The van der Waals surface area contributed by atoms with Gasteiger partial charge in [-0.15, -0.1) is 0 Å². The fourth-order valence-electron chi connectivity index (χ4n) is 4.23. The second-order valence-corrected chi connectivity index (χ2v) is 8.28. The third-order valence-electron chi connectivity index (χ3n) is 5.96. The highest BCUT2D eigenvalue weighted by Gasteiger charge is 2.28. The molecule has 8 heteroatoms. The van der Waals surface area contributed by atoms with E-state index in [0.29, 0.717) is 32.1 Å². The molecule has 1 atom stereocenters. The SMILES string of the molecule is C=CC(=O)N1CCN(c2nc(/C=C/c3ccc(F)c(OC)c3)nc3ccc(OCC)cc23)C[C@H]1C. The average molecular weight is 477 g/mol. The molecule has 0 N–H and O–H groups in total. The molecule has 1 aromatic heterocycles. The van der Waals surface area contributed by atoms with E-state index in [9.17, 15) is 9.18 Å². The lowest BCUT2D eigenvalue weighted by atomic mass is 10.1. The van der Waals surface area contributed by atoms with Crippen LogP contribution in [0, 0.1) is 5.82 Å². The molecular weight excluding hydrogens is 447 g/mol. The zero-order valence-corrected chi connectivity index (χ0v) is 20.2. The van der Waals surface area contributed by atoms with Gasteiger partial charge in [0.25, 0.3) is 0 Å². The Morgan fingerprint density at radius 2 is 2.03 bits per heavy atom. The first kappa shape index (κ1) is 24.2. The minimum Gasteiger partial charge on any atom is -0.494 e. The summed E-state index contributed by atoms with van der Waals surface area (Å²) < 4.78 is 24.6. The molecule has 1 fully saturated rings. The number of carbonyl (C=O) groups is 1. The van der Waals surface area contributed by atoms with Gasteiger partial charge in [0.1, 0.15) is 11.6 Å². The largest absolute Gasteiger partial charge is 0.494 e. The molecular formula is C27H29FN4O3. The Bertz CT molecular complexity index is 1280. The molecule has 1 aliphatic heterocycles. The molecule has 3 aromatic rings. The van der Waals surface area contributed by atoms with E-state index in [2.05, 4.69) is 11.5 Å². The summed E-state index contributed by atoms with van der Waals surface area (Å²) in [5, 5.41) is 0.882. The van der Waals surface area contributed by atoms with Crippen LogP contribution in [0.1, 0.15) is 25.2 Å². The zero-order chi connectivity index (χ0) is 24.9. The molecule has 0 aliphatic carbocycles. The van der Waals surface area contributed by atoms with Gasteiger partial charge in [-0.2, -0.15) is 0 Å². The quantitative estimate of drug-likeness (QED) is 0.466. The molecule has 0 bridgehead atoms. The lowest BCUT2D eigenvalue weighted by Crippen LogP contribution is -2.54. The van der Waals surface area contributed by atoms with Crippen LogP contribution in [0.2, 0.25) is 0 Å². The topological polar surface area (TPSA) is 67.8 Å². The minimum atomic E-state index is -0.415. The van der Waals surface area contributed by atoms with Gasteiger partial charge in [-0.1, -0.05) is 18.7 Å². The minimum absolute atomic E-state index is 0.0000110. The second-order valence-electron chi connectivity index (χ2n) is 8.28.